The van der Waals surface area contributed by atoms with Crippen LogP contribution in [-0.4, -0.2) is 49.3 Å². The molecular formula is C15H30N2O. The number of nitrogens with zero attached hydrogens (tertiary/aromatic N) is 1. The molecule has 0 amide bonds. The molecule has 18 heavy (non-hydrogen) atoms. The summed E-state index contributed by atoms with van der Waals surface area (Å²) in [5.74, 6) is 0.718. The van der Waals surface area contributed by atoms with Crippen LogP contribution in [0, 0.1) is 5.92 Å². The van der Waals surface area contributed by atoms with Gasteiger partial charge in [-0.15, -0.1) is 0 Å². The van der Waals surface area contributed by atoms with E-state index in [0.29, 0.717) is 18.2 Å². The first-order valence-corrected chi connectivity index (χ1v) is 7.76. The fourth-order valence-corrected chi connectivity index (χ4v) is 3.10. The summed E-state index contributed by atoms with van der Waals surface area (Å²) in [6.45, 7) is 11.2. The third kappa shape index (κ3) is 3.94. The normalized spacial score (nSPS) is 31.3. The van der Waals surface area contributed by atoms with Gasteiger partial charge in [0.1, 0.15) is 0 Å². The number of rotatable bonds is 5. The van der Waals surface area contributed by atoms with E-state index in [-0.39, 0.29) is 0 Å². The SMILES string of the molecule is CC(C)C1CN(CCOC2CCCC2)C(C)CN1. The van der Waals surface area contributed by atoms with E-state index in [1.54, 1.807) is 0 Å². The summed E-state index contributed by atoms with van der Waals surface area (Å²) in [6.07, 6.45) is 5.86. The monoisotopic (exact) mass is 254 g/mol. The highest BCUT2D eigenvalue weighted by Gasteiger charge is 2.26. The summed E-state index contributed by atoms with van der Waals surface area (Å²) in [7, 11) is 0. The maximum atomic E-state index is 5.99. The Labute approximate surface area is 112 Å². The fourth-order valence-electron chi connectivity index (χ4n) is 3.10. The molecule has 2 atom stereocenters. The molecule has 0 aromatic rings. The van der Waals surface area contributed by atoms with Crippen LogP contribution in [0.15, 0.2) is 0 Å². The Hall–Kier alpha value is -0.120. The van der Waals surface area contributed by atoms with Gasteiger partial charge in [0.25, 0.3) is 0 Å². The maximum absolute atomic E-state index is 5.99. The van der Waals surface area contributed by atoms with Gasteiger partial charge in [-0.25, -0.2) is 0 Å². The van der Waals surface area contributed by atoms with Gasteiger partial charge < -0.3 is 10.1 Å². The van der Waals surface area contributed by atoms with Gasteiger partial charge in [-0.2, -0.15) is 0 Å². The molecule has 106 valence electrons. The summed E-state index contributed by atoms with van der Waals surface area (Å²) in [4.78, 5) is 2.59. The van der Waals surface area contributed by atoms with Gasteiger partial charge in [-0.1, -0.05) is 26.7 Å². The maximum Gasteiger partial charge on any atom is 0.0597 e. The van der Waals surface area contributed by atoms with E-state index in [2.05, 4.69) is 31.0 Å². The van der Waals surface area contributed by atoms with Crippen molar-refractivity contribution >= 4 is 0 Å². The van der Waals surface area contributed by atoms with Crippen molar-refractivity contribution < 1.29 is 4.74 Å². The number of nitrogens with one attached hydrogen (secondary N) is 1. The molecule has 1 aliphatic heterocycles. The lowest BCUT2D eigenvalue weighted by molar-refractivity contribution is 0.0237. The smallest absolute Gasteiger partial charge is 0.0597 e. The van der Waals surface area contributed by atoms with Crippen LogP contribution in [0.5, 0.6) is 0 Å². The van der Waals surface area contributed by atoms with Crippen molar-refractivity contribution in [3.8, 4) is 0 Å². The van der Waals surface area contributed by atoms with Crippen molar-refractivity contribution in [3.63, 3.8) is 0 Å². The Balaban J connectivity index is 1.69. The molecule has 1 aliphatic carbocycles. The first-order chi connectivity index (χ1) is 8.66. The molecule has 0 radical (unpaired) electrons. The van der Waals surface area contributed by atoms with Crippen LogP contribution in [0.3, 0.4) is 0 Å². The highest BCUT2D eigenvalue weighted by molar-refractivity contribution is 4.85. The predicted molar refractivity (Wildman–Crippen MR) is 75.9 cm³/mol. The molecule has 3 heteroatoms. The highest BCUT2D eigenvalue weighted by Crippen LogP contribution is 2.21. The van der Waals surface area contributed by atoms with E-state index >= 15 is 0 Å². The van der Waals surface area contributed by atoms with Gasteiger partial charge in [0, 0.05) is 31.7 Å². The zero-order valence-corrected chi connectivity index (χ0v) is 12.3. The second kappa shape index (κ2) is 6.88. The Morgan fingerprint density at radius 2 is 2.00 bits per heavy atom. The fraction of sp³-hybridized carbons (Fsp3) is 1.00. The van der Waals surface area contributed by atoms with Gasteiger partial charge in [-0.3, -0.25) is 4.90 Å². The van der Waals surface area contributed by atoms with Gasteiger partial charge in [0.05, 0.1) is 12.7 Å². The van der Waals surface area contributed by atoms with Crippen LogP contribution in [0.1, 0.15) is 46.5 Å². The molecule has 2 fully saturated rings. The summed E-state index contributed by atoms with van der Waals surface area (Å²) in [5.41, 5.74) is 0. The van der Waals surface area contributed by atoms with E-state index in [4.69, 9.17) is 4.74 Å². The van der Waals surface area contributed by atoms with E-state index in [9.17, 15) is 0 Å². The average Bonchev–Trinajstić information content (AvgIpc) is 2.84. The number of hydrogen-bond donors (Lipinski definition) is 1. The minimum Gasteiger partial charge on any atom is -0.377 e. The lowest BCUT2D eigenvalue weighted by Gasteiger charge is -2.40. The quantitative estimate of drug-likeness (QED) is 0.814. The van der Waals surface area contributed by atoms with Crippen molar-refractivity contribution in [2.75, 3.05) is 26.2 Å². The van der Waals surface area contributed by atoms with Crippen LogP contribution >= 0.6 is 0 Å². The molecule has 0 aromatic heterocycles. The van der Waals surface area contributed by atoms with E-state index in [0.717, 1.165) is 25.6 Å². The Morgan fingerprint density at radius 1 is 1.28 bits per heavy atom. The minimum absolute atomic E-state index is 0.559. The molecule has 2 unspecified atom stereocenters. The standard InChI is InChI=1S/C15H30N2O/c1-12(2)15-11-17(13(3)10-16-15)8-9-18-14-6-4-5-7-14/h12-16H,4-11H2,1-3H3. The minimum atomic E-state index is 0.559. The lowest BCUT2D eigenvalue weighted by atomic mass is 10.00. The van der Waals surface area contributed by atoms with E-state index in [1.165, 1.54) is 32.2 Å². The molecule has 2 aliphatic rings. The Bertz CT molecular complexity index is 239. The number of piperazine rings is 1. The number of ether oxygens (including phenoxy) is 1. The second-order valence-corrected chi connectivity index (χ2v) is 6.38. The van der Waals surface area contributed by atoms with Crippen molar-refractivity contribution in [2.45, 2.75) is 64.6 Å². The molecular weight excluding hydrogens is 224 g/mol. The van der Waals surface area contributed by atoms with E-state index in [1.807, 2.05) is 0 Å². The van der Waals surface area contributed by atoms with Crippen LogP contribution in [0.2, 0.25) is 0 Å². The third-order valence-corrected chi connectivity index (χ3v) is 4.57. The molecule has 0 spiro atoms. The second-order valence-electron chi connectivity index (χ2n) is 6.38. The van der Waals surface area contributed by atoms with Crippen molar-refractivity contribution in [2.24, 2.45) is 5.92 Å². The lowest BCUT2D eigenvalue weighted by Crippen LogP contribution is -2.57. The summed E-state index contributed by atoms with van der Waals surface area (Å²) < 4.78 is 5.99. The first kappa shape index (κ1) is 14.3. The van der Waals surface area contributed by atoms with Crippen LogP contribution in [0.25, 0.3) is 0 Å². The number of hydrogen-bond acceptors (Lipinski definition) is 3. The summed E-state index contributed by atoms with van der Waals surface area (Å²) >= 11 is 0. The van der Waals surface area contributed by atoms with Crippen LogP contribution in [0.4, 0.5) is 0 Å². The topological polar surface area (TPSA) is 24.5 Å². The summed E-state index contributed by atoms with van der Waals surface area (Å²) in [6, 6.07) is 1.29. The largest absolute Gasteiger partial charge is 0.377 e. The Morgan fingerprint density at radius 3 is 2.67 bits per heavy atom. The van der Waals surface area contributed by atoms with Crippen LogP contribution < -0.4 is 5.32 Å². The predicted octanol–water partition coefficient (Wildman–Crippen LogP) is 2.26. The molecule has 0 bridgehead atoms. The van der Waals surface area contributed by atoms with E-state index < -0.39 is 0 Å². The zero-order valence-electron chi connectivity index (χ0n) is 12.3. The molecule has 0 aromatic carbocycles. The average molecular weight is 254 g/mol. The van der Waals surface area contributed by atoms with Gasteiger partial charge >= 0.3 is 0 Å². The molecule has 1 N–H and O–H groups in total. The van der Waals surface area contributed by atoms with Crippen molar-refractivity contribution in [1.82, 2.24) is 10.2 Å². The first-order valence-electron chi connectivity index (χ1n) is 7.76. The van der Waals surface area contributed by atoms with Gasteiger partial charge in [0.15, 0.2) is 0 Å². The van der Waals surface area contributed by atoms with Gasteiger partial charge in [0.2, 0.25) is 0 Å². The molecule has 1 saturated heterocycles. The van der Waals surface area contributed by atoms with Crippen molar-refractivity contribution in [1.29, 1.82) is 0 Å². The molecule has 1 saturated carbocycles. The molecule has 3 nitrogen and oxygen atoms in total. The van der Waals surface area contributed by atoms with Crippen LogP contribution in [-0.2, 0) is 4.74 Å². The zero-order chi connectivity index (χ0) is 13.0. The molecule has 1 heterocycles. The van der Waals surface area contributed by atoms with Crippen molar-refractivity contribution in [3.05, 3.63) is 0 Å². The van der Waals surface area contributed by atoms with Gasteiger partial charge in [-0.05, 0) is 25.7 Å². The summed E-state index contributed by atoms with van der Waals surface area (Å²) in [5, 5.41) is 3.65. The highest BCUT2D eigenvalue weighted by atomic mass is 16.5. The Kier molecular flexibility index (Phi) is 5.46. The molecule has 2 rings (SSSR count). The third-order valence-electron chi connectivity index (χ3n) is 4.57.